The van der Waals surface area contributed by atoms with Crippen LogP contribution >= 0.6 is 0 Å². The maximum Gasteiger partial charge on any atom is 0.418 e. The summed E-state index contributed by atoms with van der Waals surface area (Å²) >= 11 is 0. The second-order valence-electron chi connectivity index (χ2n) is 8.63. The molecule has 0 aliphatic rings. The number of para-hydroxylation sites is 2. The van der Waals surface area contributed by atoms with Crippen molar-refractivity contribution in [2.45, 2.75) is 26.4 Å². The highest BCUT2D eigenvalue weighted by atomic mass is 16.6. The first kappa shape index (κ1) is 22.2. The first-order chi connectivity index (χ1) is 15.9. The lowest BCUT2D eigenvalue weighted by atomic mass is 10.1. The fourth-order valence-electron chi connectivity index (χ4n) is 3.70. The molecule has 5 nitrogen and oxygen atoms in total. The van der Waals surface area contributed by atoms with Gasteiger partial charge < -0.3 is 14.4 Å². The molecule has 0 saturated heterocycles. The molecule has 3 aromatic carbocycles. The SMILES string of the molecule is COc1cc(N(c2ccccc2)c2ccccc2)ccc1-c1cccn1C(=O)OC(C)(C)C. The Bertz CT molecular complexity index is 1190. The van der Waals surface area contributed by atoms with Crippen LogP contribution in [0.3, 0.4) is 0 Å². The third kappa shape index (κ3) is 4.93. The van der Waals surface area contributed by atoms with Gasteiger partial charge in [0.1, 0.15) is 11.4 Å². The van der Waals surface area contributed by atoms with Crippen molar-refractivity contribution in [3.05, 3.63) is 97.2 Å². The zero-order chi connectivity index (χ0) is 23.4. The Hall–Kier alpha value is -3.99. The van der Waals surface area contributed by atoms with E-state index in [1.54, 1.807) is 13.3 Å². The number of rotatable bonds is 5. The van der Waals surface area contributed by atoms with Gasteiger partial charge in [-0.25, -0.2) is 4.79 Å². The Kier molecular flexibility index (Phi) is 6.22. The molecule has 0 unspecified atom stereocenters. The van der Waals surface area contributed by atoms with Crippen LogP contribution in [-0.2, 0) is 4.74 Å². The van der Waals surface area contributed by atoms with Crippen LogP contribution in [0.4, 0.5) is 21.9 Å². The van der Waals surface area contributed by atoms with Gasteiger partial charge in [-0.1, -0.05) is 36.4 Å². The van der Waals surface area contributed by atoms with Gasteiger partial charge in [-0.3, -0.25) is 4.57 Å². The molecule has 4 aromatic rings. The number of hydrogen-bond donors (Lipinski definition) is 0. The minimum atomic E-state index is -0.585. The minimum absolute atomic E-state index is 0.427. The van der Waals surface area contributed by atoms with Crippen LogP contribution in [0.25, 0.3) is 11.3 Å². The summed E-state index contributed by atoms with van der Waals surface area (Å²) in [6.45, 7) is 5.56. The summed E-state index contributed by atoms with van der Waals surface area (Å²) < 4.78 is 12.9. The molecule has 1 heterocycles. The Labute approximate surface area is 194 Å². The number of methoxy groups -OCH3 is 1. The molecule has 0 saturated carbocycles. The predicted molar refractivity (Wildman–Crippen MR) is 133 cm³/mol. The van der Waals surface area contributed by atoms with Crippen molar-refractivity contribution in [3.8, 4) is 17.0 Å². The third-order valence-corrected chi connectivity index (χ3v) is 5.09. The molecule has 0 radical (unpaired) electrons. The maximum absolute atomic E-state index is 12.8. The highest BCUT2D eigenvalue weighted by Crippen LogP contribution is 2.39. The van der Waals surface area contributed by atoms with E-state index in [-0.39, 0.29) is 0 Å². The van der Waals surface area contributed by atoms with Crippen molar-refractivity contribution in [1.29, 1.82) is 0 Å². The number of hydrogen-bond acceptors (Lipinski definition) is 4. The largest absolute Gasteiger partial charge is 0.496 e. The fraction of sp³-hybridized carbons (Fsp3) is 0.179. The number of benzene rings is 3. The maximum atomic E-state index is 12.8. The van der Waals surface area contributed by atoms with Crippen LogP contribution in [-0.4, -0.2) is 23.4 Å². The van der Waals surface area contributed by atoms with Crippen LogP contribution in [0.2, 0.25) is 0 Å². The van der Waals surface area contributed by atoms with E-state index in [2.05, 4.69) is 29.2 Å². The molecule has 4 rings (SSSR count). The molecule has 0 fully saturated rings. The summed E-state index contributed by atoms with van der Waals surface area (Å²) in [4.78, 5) is 14.9. The van der Waals surface area contributed by atoms with Gasteiger partial charge in [0.2, 0.25) is 0 Å². The lowest BCUT2D eigenvalue weighted by Crippen LogP contribution is -2.27. The molecular weight excluding hydrogens is 412 g/mol. The Balaban J connectivity index is 1.78. The van der Waals surface area contributed by atoms with Crippen LogP contribution in [0.1, 0.15) is 20.8 Å². The molecule has 0 aliphatic heterocycles. The van der Waals surface area contributed by atoms with Crippen molar-refractivity contribution in [2.24, 2.45) is 0 Å². The molecule has 0 spiro atoms. The van der Waals surface area contributed by atoms with E-state index in [0.29, 0.717) is 11.4 Å². The van der Waals surface area contributed by atoms with Gasteiger partial charge in [0.25, 0.3) is 0 Å². The zero-order valence-corrected chi connectivity index (χ0v) is 19.4. The fourth-order valence-corrected chi connectivity index (χ4v) is 3.70. The van der Waals surface area contributed by atoms with Gasteiger partial charge in [0.15, 0.2) is 0 Å². The second-order valence-corrected chi connectivity index (χ2v) is 8.63. The van der Waals surface area contributed by atoms with Gasteiger partial charge in [-0.2, -0.15) is 0 Å². The van der Waals surface area contributed by atoms with E-state index >= 15 is 0 Å². The van der Waals surface area contributed by atoms with Crippen LogP contribution < -0.4 is 9.64 Å². The lowest BCUT2D eigenvalue weighted by molar-refractivity contribution is 0.0540. The highest BCUT2D eigenvalue weighted by molar-refractivity contribution is 5.84. The van der Waals surface area contributed by atoms with E-state index in [9.17, 15) is 4.79 Å². The van der Waals surface area contributed by atoms with Gasteiger partial charge in [-0.05, 0) is 69.3 Å². The van der Waals surface area contributed by atoms with Crippen LogP contribution in [0, 0.1) is 0 Å². The van der Waals surface area contributed by atoms with E-state index in [4.69, 9.17) is 9.47 Å². The molecule has 0 atom stereocenters. The van der Waals surface area contributed by atoms with Gasteiger partial charge >= 0.3 is 6.09 Å². The summed E-state index contributed by atoms with van der Waals surface area (Å²) in [6.07, 6.45) is 1.28. The van der Waals surface area contributed by atoms with Gasteiger partial charge in [0.05, 0.1) is 12.8 Å². The molecule has 0 N–H and O–H groups in total. The molecule has 0 bridgehead atoms. The zero-order valence-electron chi connectivity index (χ0n) is 19.4. The lowest BCUT2D eigenvalue weighted by Gasteiger charge is -2.26. The molecule has 33 heavy (non-hydrogen) atoms. The summed E-state index contributed by atoms with van der Waals surface area (Å²) in [5.74, 6) is 0.660. The molecule has 0 amide bonds. The van der Waals surface area contributed by atoms with E-state index < -0.39 is 11.7 Å². The average molecular weight is 441 g/mol. The summed E-state index contributed by atoms with van der Waals surface area (Å²) in [5.41, 5.74) is 3.95. The highest BCUT2D eigenvalue weighted by Gasteiger charge is 2.22. The van der Waals surface area contributed by atoms with Gasteiger partial charge in [-0.15, -0.1) is 0 Å². The summed E-state index contributed by atoms with van der Waals surface area (Å²) in [5, 5.41) is 0. The molecule has 5 heteroatoms. The normalized spacial score (nSPS) is 11.2. The van der Waals surface area contributed by atoms with Crippen molar-refractivity contribution >= 4 is 23.2 Å². The van der Waals surface area contributed by atoms with E-state index in [1.165, 1.54) is 4.57 Å². The van der Waals surface area contributed by atoms with Crippen molar-refractivity contribution < 1.29 is 14.3 Å². The second kappa shape index (κ2) is 9.25. The molecule has 1 aromatic heterocycles. The number of carbonyl (C=O) groups is 1. The standard InChI is InChI=1S/C28H28N2O3/c1-28(2,3)33-27(31)29-19-11-16-25(29)24-18-17-23(20-26(24)32-4)30(21-12-7-5-8-13-21)22-14-9-6-10-15-22/h5-20H,1-4H3. The van der Waals surface area contributed by atoms with E-state index in [0.717, 1.165) is 22.6 Å². The van der Waals surface area contributed by atoms with Crippen LogP contribution in [0.5, 0.6) is 5.75 Å². The van der Waals surface area contributed by atoms with Gasteiger partial charge in [0, 0.05) is 34.9 Å². The number of ether oxygens (including phenoxy) is 2. The topological polar surface area (TPSA) is 43.7 Å². The smallest absolute Gasteiger partial charge is 0.418 e. The number of nitrogens with zero attached hydrogens (tertiary/aromatic N) is 2. The summed E-state index contributed by atoms with van der Waals surface area (Å²) in [7, 11) is 1.64. The Morgan fingerprint density at radius 1 is 0.788 bits per heavy atom. The minimum Gasteiger partial charge on any atom is -0.496 e. The predicted octanol–water partition coefficient (Wildman–Crippen LogP) is 7.42. The first-order valence-corrected chi connectivity index (χ1v) is 10.9. The average Bonchev–Trinajstić information content (AvgIpc) is 3.29. The number of anilines is 3. The van der Waals surface area contributed by atoms with Crippen molar-refractivity contribution in [2.75, 3.05) is 12.0 Å². The van der Waals surface area contributed by atoms with Crippen molar-refractivity contribution in [3.63, 3.8) is 0 Å². The molecule has 168 valence electrons. The summed E-state index contributed by atoms with van der Waals surface area (Å²) in [6, 6.07) is 30.1. The number of carbonyl (C=O) groups excluding carboxylic acids is 1. The van der Waals surface area contributed by atoms with Crippen LogP contribution in [0.15, 0.2) is 97.2 Å². The monoisotopic (exact) mass is 440 g/mol. The van der Waals surface area contributed by atoms with Crippen molar-refractivity contribution in [1.82, 2.24) is 4.57 Å². The molecular formula is C28H28N2O3. The molecule has 0 aliphatic carbocycles. The first-order valence-electron chi connectivity index (χ1n) is 10.9. The quantitative estimate of drug-likeness (QED) is 0.324. The Morgan fingerprint density at radius 2 is 1.39 bits per heavy atom. The Morgan fingerprint density at radius 3 is 1.94 bits per heavy atom. The number of aromatic nitrogens is 1. The van der Waals surface area contributed by atoms with E-state index in [1.807, 2.05) is 87.5 Å². The third-order valence-electron chi connectivity index (χ3n) is 5.09.